The number of benzene rings is 4. The van der Waals surface area contributed by atoms with Gasteiger partial charge in [-0.2, -0.15) is 0 Å². The zero-order chi connectivity index (χ0) is 49.5. The smallest absolute Gasteiger partial charge is 0.412 e. The number of H-pyrrole nitrogens is 2. The van der Waals surface area contributed by atoms with Crippen molar-refractivity contribution in [2.75, 3.05) is 97.2 Å². The van der Waals surface area contributed by atoms with Crippen LogP contribution in [0.3, 0.4) is 0 Å². The van der Waals surface area contributed by atoms with Gasteiger partial charge in [-0.1, -0.05) is 83.1 Å². The molecule has 14 heteroatoms. The molecule has 1 aliphatic heterocycles. The fraction of sp³-hybridized carbons (Fsp3) is 0.429. The van der Waals surface area contributed by atoms with E-state index in [1.54, 1.807) is 0 Å². The normalized spacial score (nSPS) is 13.1. The first-order chi connectivity index (χ1) is 31.5. The molecule has 8 aromatic rings. The van der Waals surface area contributed by atoms with E-state index < -0.39 is 0 Å². The molecule has 70 heavy (non-hydrogen) atoms. The molecule has 0 atom stereocenters. The van der Waals surface area contributed by atoms with E-state index >= 15 is 0 Å². The Morgan fingerprint density at radius 3 is 0.829 bits per heavy atom. The Bertz CT molecular complexity index is 2850. The summed E-state index contributed by atoms with van der Waals surface area (Å²) in [4.78, 5) is 27.8. The van der Waals surface area contributed by atoms with Crippen molar-refractivity contribution in [1.82, 2.24) is 19.9 Å². The average molecular weight is 984 g/mol. The summed E-state index contributed by atoms with van der Waals surface area (Å²) in [5.41, 5.74) is 8.79. The van der Waals surface area contributed by atoms with Crippen LogP contribution < -0.4 is 50.8 Å². The van der Waals surface area contributed by atoms with Gasteiger partial charge in [0.15, 0.2) is 0 Å². The van der Waals surface area contributed by atoms with E-state index in [0.717, 1.165) is 112 Å². The third-order valence-electron chi connectivity index (χ3n) is 13.8. The fourth-order valence-corrected chi connectivity index (χ4v) is 9.64. The van der Waals surface area contributed by atoms with Gasteiger partial charge in [0.05, 0.1) is 23.3 Å². The van der Waals surface area contributed by atoms with E-state index in [0.29, 0.717) is 0 Å². The Hall–Kier alpha value is -6.02. The van der Waals surface area contributed by atoms with Crippen LogP contribution in [0.15, 0.2) is 48.5 Å². The maximum Gasteiger partial charge on any atom is 2.00 e. The summed E-state index contributed by atoms with van der Waals surface area (Å²) in [6, 6.07) is 18.6. The van der Waals surface area contributed by atoms with Crippen molar-refractivity contribution >= 4 is 112 Å². The van der Waals surface area contributed by atoms with Crippen LogP contribution in [0.4, 0.5) is 69.3 Å². The molecule has 5 heterocycles. The van der Waals surface area contributed by atoms with E-state index in [9.17, 15) is 0 Å². The molecule has 4 aromatic carbocycles. The van der Waals surface area contributed by atoms with Crippen molar-refractivity contribution in [3.8, 4) is 0 Å². The van der Waals surface area contributed by atoms with Crippen molar-refractivity contribution in [3.05, 3.63) is 70.8 Å². The Kier molecular flexibility index (Phi) is 12.9. The zero-order valence-corrected chi connectivity index (χ0v) is 46.6. The van der Waals surface area contributed by atoms with Crippen molar-refractivity contribution in [3.63, 3.8) is 0 Å². The number of hydrogen-bond acceptors (Lipinski definition) is 8. The molecule has 8 N–H and O–H groups in total. The summed E-state index contributed by atoms with van der Waals surface area (Å²) in [5, 5.41) is 24.1. The summed E-state index contributed by atoms with van der Waals surface area (Å²) in [6.45, 7) is 27.3. The van der Waals surface area contributed by atoms with Gasteiger partial charge in [-0.3, -0.25) is 0 Å². The molecule has 1 aliphatic rings. The van der Waals surface area contributed by atoms with Gasteiger partial charge in [0, 0.05) is 135 Å². The molecule has 8 bridgehead atoms. The summed E-state index contributed by atoms with van der Waals surface area (Å²) < 4.78 is 0. The van der Waals surface area contributed by atoms with Gasteiger partial charge in [0.25, 0.3) is 0 Å². The number of hydrogen-bond donors (Lipinski definition) is 6. The van der Waals surface area contributed by atoms with Crippen LogP contribution >= 0.6 is 0 Å². The predicted molar refractivity (Wildman–Crippen MR) is 300 cm³/mol. The van der Waals surface area contributed by atoms with Crippen molar-refractivity contribution in [2.45, 2.75) is 105 Å². The van der Waals surface area contributed by atoms with E-state index in [1.807, 2.05) is 0 Å². The van der Waals surface area contributed by atoms with Crippen LogP contribution in [0.25, 0.3) is 43.1 Å². The number of fused-ring (bicyclic) bond motifs is 20. The molecule has 4 aromatic heterocycles. The number of rotatable bonds is 4. The molecule has 0 amide bonds. The third kappa shape index (κ3) is 8.79. The van der Waals surface area contributed by atoms with Crippen LogP contribution in [0.2, 0.25) is 0 Å². The van der Waals surface area contributed by atoms with Crippen molar-refractivity contribution in [2.24, 2.45) is 0 Å². The summed E-state index contributed by atoms with van der Waals surface area (Å²) >= 11 is 0. The van der Waals surface area contributed by atoms with Gasteiger partial charge in [-0.15, -0.1) is 0 Å². The number of aromatic nitrogens is 4. The van der Waals surface area contributed by atoms with E-state index in [2.05, 4.69) is 239 Å². The third-order valence-corrected chi connectivity index (χ3v) is 13.8. The van der Waals surface area contributed by atoms with Crippen molar-refractivity contribution < 1.29 is 24.0 Å². The molecule has 0 fully saturated rings. The molecule has 9 rings (SSSR count). The van der Waals surface area contributed by atoms with Gasteiger partial charge in [-0.25, -0.2) is 0 Å². The van der Waals surface area contributed by atoms with Crippen LogP contribution in [-0.2, 0) is 40.2 Å². The van der Waals surface area contributed by atoms with E-state index in [1.165, 1.54) is 22.3 Å². The van der Waals surface area contributed by atoms with Crippen LogP contribution in [0, 0.1) is 0 Å². The van der Waals surface area contributed by atoms with Gasteiger partial charge in [0.1, 0.15) is 0 Å². The van der Waals surface area contributed by atoms with Gasteiger partial charge >= 0.3 is 18.6 Å². The standard InChI is InChI=1S/C56H74N12.H2O.V/c1-53(2,3)29-21-33-41(37(25-29)65(13)14)49-57-45(33)61-50-42-34(22-30(54(4,5)6)26-38(42)66(15)16)47(58-50)63-52-44-36(24-32(56(10,11)12)28-40(44)68(19)20)48(60-52)64-51-43-35(46(59-51)62-49)23-31(55(7,8)9)27-39(43)67(17)18;;/h21-28,57,60-64H,1-20H3;1H2;/q-2;;+2. The minimum atomic E-state index is -0.122. The quantitative estimate of drug-likeness (QED) is 0.100. The van der Waals surface area contributed by atoms with E-state index in [4.69, 9.17) is 9.97 Å². The predicted octanol–water partition coefficient (Wildman–Crippen LogP) is 12.8. The molecular weight excluding hydrogens is 908 g/mol. The molecule has 0 unspecified atom stereocenters. The summed E-state index contributed by atoms with van der Waals surface area (Å²) in [7, 11) is 17.0. The zero-order valence-electron chi connectivity index (χ0n) is 45.2. The first-order valence-electron chi connectivity index (χ1n) is 24.0. The Morgan fingerprint density at radius 2 is 0.571 bits per heavy atom. The molecule has 0 saturated carbocycles. The SMILES string of the molecule is CN(C)c1cc(C(C)(C)C)cc2c3[n-]c(c12)Nc1[nH]c(c2c(N(C)C)cc(C(C)(C)C)cc12)Nc1[n-]c(c2c(N(C)C)cc(C(C)(C)C)cc12)Nc1[nH]c(c2c(N(C)C)cc(C(C)(C)C)cc12)N3.O.[V+2]. The largest absolute Gasteiger partial charge is 2.00 e. The number of anilines is 12. The minimum Gasteiger partial charge on any atom is -0.412 e. The molecule has 0 aliphatic carbocycles. The Morgan fingerprint density at radius 1 is 0.329 bits per heavy atom. The maximum absolute atomic E-state index is 5.57. The average Bonchev–Trinajstić information content (AvgIpc) is 3.96. The first-order valence-corrected chi connectivity index (χ1v) is 24.0. The van der Waals surface area contributed by atoms with E-state index in [-0.39, 0.29) is 45.7 Å². The minimum absolute atomic E-state index is 0. The monoisotopic (exact) mass is 984 g/mol. The second kappa shape index (κ2) is 17.4. The molecule has 1 radical (unpaired) electrons. The molecule has 0 saturated heterocycles. The molecular formula is C56H76N12OV. The van der Waals surface area contributed by atoms with Crippen molar-refractivity contribution in [1.29, 1.82) is 0 Å². The summed E-state index contributed by atoms with van der Waals surface area (Å²) in [5.74, 6) is 6.38. The van der Waals surface area contributed by atoms with Gasteiger partial charge in [0.2, 0.25) is 0 Å². The number of nitrogens with one attached hydrogen (secondary N) is 6. The first kappa shape index (κ1) is 51.8. The fourth-order valence-electron chi connectivity index (χ4n) is 9.64. The maximum atomic E-state index is 5.57. The second-order valence-electron chi connectivity index (χ2n) is 24.1. The topological polar surface area (TPSA) is 152 Å². The van der Waals surface area contributed by atoms with Crippen LogP contribution in [0.5, 0.6) is 0 Å². The number of nitrogens with zero attached hydrogens (tertiary/aromatic N) is 6. The van der Waals surface area contributed by atoms with Gasteiger partial charge in [-0.05, 0) is 103 Å². The molecule has 0 spiro atoms. The second-order valence-corrected chi connectivity index (χ2v) is 24.1. The van der Waals surface area contributed by atoms with Gasteiger partial charge < -0.3 is 66.3 Å². The Labute approximate surface area is 427 Å². The molecule has 371 valence electrons. The number of aromatic amines is 2. The Balaban J connectivity index is 0.00000361. The molecule has 13 nitrogen and oxygen atoms in total. The van der Waals surface area contributed by atoms with Crippen LogP contribution in [0.1, 0.15) is 105 Å². The van der Waals surface area contributed by atoms with Crippen LogP contribution in [-0.4, -0.2) is 71.8 Å². The summed E-state index contributed by atoms with van der Waals surface area (Å²) in [6.07, 6.45) is 0.